The fraction of sp³-hybridized carbons (Fsp3) is 0.176. The van der Waals surface area contributed by atoms with E-state index in [4.69, 9.17) is 9.47 Å². The smallest absolute Gasteiger partial charge is 0.251 e. The van der Waals surface area contributed by atoms with Gasteiger partial charge in [0.1, 0.15) is 16.0 Å². The van der Waals surface area contributed by atoms with E-state index < -0.39 is 5.91 Å². The van der Waals surface area contributed by atoms with E-state index >= 15 is 0 Å². The Hall–Kier alpha value is -2.54. The standard InChI is InChI=1S/C17H17BrN2O4/c1-23-13-8-11(9-14(24-2)16(13)18)17(22)19-10-15(21)20-12-6-4-3-5-7-12/h3-9H,10H2,1-2H3,(H,19,22)(H,20,21). The molecule has 2 N–H and O–H groups in total. The van der Waals surface area contributed by atoms with Crippen molar-refractivity contribution in [3.63, 3.8) is 0 Å². The van der Waals surface area contributed by atoms with Crippen molar-refractivity contribution in [3.05, 3.63) is 52.5 Å². The fourth-order valence-corrected chi connectivity index (χ4v) is 2.54. The minimum absolute atomic E-state index is 0.144. The van der Waals surface area contributed by atoms with Crippen LogP contribution in [-0.2, 0) is 4.79 Å². The summed E-state index contributed by atoms with van der Waals surface area (Å²) in [5.74, 6) is 0.217. The van der Waals surface area contributed by atoms with Gasteiger partial charge < -0.3 is 20.1 Å². The Balaban J connectivity index is 2.01. The molecule has 2 amide bonds. The van der Waals surface area contributed by atoms with E-state index in [0.29, 0.717) is 27.2 Å². The van der Waals surface area contributed by atoms with Gasteiger partial charge in [0, 0.05) is 11.3 Å². The van der Waals surface area contributed by atoms with E-state index in [1.807, 2.05) is 18.2 Å². The molecule has 0 spiro atoms. The molecule has 0 saturated carbocycles. The summed E-state index contributed by atoms with van der Waals surface area (Å²) >= 11 is 3.34. The van der Waals surface area contributed by atoms with E-state index in [0.717, 1.165) is 0 Å². The summed E-state index contributed by atoms with van der Waals surface area (Å²) in [6.07, 6.45) is 0. The van der Waals surface area contributed by atoms with E-state index in [2.05, 4.69) is 26.6 Å². The zero-order chi connectivity index (χ0) is 17.5. The number of amides is 2. The Morgan fingerprint density at radius 2 is 1.62 bits per heavy atom. The summed E-state index contributed by atoms with van der Waals surface area (Å²) in [6.45, 7) is -0.144. The molecule has 0 saturated heterocycles. The van der Waals surface area contributed by atoms with Crippen molar-refractivity contribution in [2.75, 3.05) is 26.1 Å². The molecule has 2 rings (SSSR count). The SMILES string of the molecule is COc1cc(C(=O)NCC(=O)Nc2ccccc2)cc(OC)c1Br. The van der Waals surface area contributed by atoms with Crippen molar-refractivity contribution in [2.24, 2.45) is 0 Å². The molecule has 24 heavy (non-hydrogen) atoms. The van der Waals surface area contributed by atoms with Gasteiger partial charge in [-0.3, -0.25) is 9.59 Å². The summed E-state index contributed by atoms with van der Waals surface area (Å²) in [5.41, 5.74) is 1.00. The van der Waals surface area contributed by atoms with Gasteiger partial charge in [-0.2, -0.15) is 0 Å². The van der Waals surface area contributed by atoms with Gasteiger partial charge >= 0.3 is 0 Å². The molecule has 0 aliphatic carbocycles. The third-order valence-corrected chi connectivity index (χ3v) is 3.96. The maximum Gasteiger partial charge on any atom is 0.251 e. The Morgan fingerprint density at radius 1 is 1.04 bits per heavy atom. The highest BCUT2D eigenvalue weighted by atomic mass is 79.9. The third-order valence-electron chi connectivity index (χ3n) is 3.17. The molecule has 0 aromatic heterocycles. The van der Waals surface area contributed by atoms with Gasteiger partial charge in [0.25, 0.3) is 5.91 Å². The van der Waals surface area contributed by atoms with Crippen molar-refractivity contribution < 1.29 is 19.1 Å². The van der Waals surface area contributed by atoms with Crippen LogP contribution in [0.25, 0.3) is 0 Å². The van der Waals surface area contributed by atoms with Crippen LogP contribution in [0.5, 0.6) is 11.5 Å². The number of anilines is 1. The summed E-state index contributed by atoms with van der Waals surface area (Å²) < 4.78 is 11.0. The zero-order valence-electron chi connectivity index (χ0n) is 13.3. The molecular formula is C17H17BrN2O4. The highest BCUT2D eigenvalue weighted by Gasteiger charge is 2.15. The maximum atomic E-state index is 12.2. The minimum Gasteiger partial charge on any atom is -0.495 e. The first-order valence-electron chi connectivity index (χ1n) is 7.09. The third kappa shape index (κ3) is 4.48. The topological polar surface area (TPSA) is 76.7 Å². The number of carbonyl (C=O) groups is 2. The van der Waals surface area contributed by atoms with Crippen molar-refractivity contribution in [2.45, 2.75) is 0 Å². The number of para-hydroxylation sites is 1. The van der Waals surface area contributed by atoms with Crippen molar-refractivity contribution in [1.29, 1.82) is 0 Å². The maximum absolute atomic E-state index is 12.2. The second kappa shape index (κ2) is 8.35. The molecule has 0 fully saturated rings. The van der Waals surface area contributed by atoms with Gasteiger partial charge in [-0.05, 0) is 40.2 Å². The van der Waals surface area contributed by atoms with E-state index in [1.54, 1.807) is 24.3 Å². The summed E-state index contributed by atoms with van der Waals surface area (Å²) in [4.78, 5) is 24.1. The van der Waals surface area contributed by atoms with E-state index in [-0.39, 0.29) is 12.5 Å². The van der Waals surface area contributed by atoms with E-state index in [9.17, 15) is 9.59 Å². The van der Waals surface area contributed by atoms with Gasteiger partial charge in [0.2, 0.25) is 5.91 Å². The van der Waals surface area contributed by atoms with Gasteiger partial charge in [-0.25, -0.2) is 0 Å². The molecule has 0 heterocycles. The number of rotatable bonds is 6. The highest BCUT2D eigenvalue weighted by Crippen LogP contribution is 2.35. The Kier molecular flexibility index (Phi) is 6.20. The van der Waals surface area contributed by atoms with Crippen LogP contribution in [-0.4, -0.2) is 32.6 Å². The number of hydrogen-bond donors (Lipinski definition) is 2. The van der Waals surface area contributed by atoms with Crippen molar-refractivity contribution in [3.8, 4) is 11.5 Å². The van der Waals surface area contributed by atoms with Crippen LogP contribution in [0.3, 0.4) is 0 Å². The van der Waals surface area contributed by atoms with Crippen LogP contribution in [0.2, 0.25) is 0 Å². The zero-order valence-corrected chi connectivity index (χ0v) is 14.8. The highest BCUT2D eigenvalue weighted by molar-refractivity contribution is 9.10. The lowest BCUT2D eigenvalue weighted by atomic mass is 10.2. The fourth-order valence-electron chi connectivity index (χ4n) is 1.99. The number of methoxy groups -OCH3 is 2. The largest absolute Gasteiger partial charge is 0.495 e. The van der Waals surface area contributed by atoms with Gasteiger partial charge in [-0.1, -0.05) is 18.2 Å². The molecule has 126 valence electrons. The first kappa shape index (κ1) is 17.8. The second-order valence-corrected chi connectivity index (χ2v) is 5.58. The Bertz CT molecular complexity index is 710. The van der Waals surface area contributed by atoms with Crippen LogP contribution >= 0.6 is 15.9 Å². The predicted molar refractivity (Wildman–Crippen MR) is 94.7 cm³/mol. The normalized spacial score (nSPS) is 9.96. The minimum atomic E-state index is -0.401. The van der Waals surface area contributed by atoms with Crippen LogP contribution in [0.4, 0.5) is 5.69 Å². The molecule has 0 bridgehead atoms. The molecule has 7 heteroatoms. The van der Waals surface area contributed by atoms with Gasteiger partial charge in [0.05, 0.1) is 20.8 Å². The molecule has 6 nitrogen and oxygen atoms in total. The lowest BCUT2D eigenvalue weighted by Gasteiger charge is -2.12. The molecule has 2 aromatic rings. The Morgan fingerprint density at radius 3 is 2.17 bits per heavy atom. The molecule has 0 unspecified atom stereocenters. The number of ether oxygens (including phenoxy) is 2. The monoisotopic (exact) mass is 392 g/mol. The lowest BCUT2D eigenvalue weighted by molar-refractivity contribution is -0.115. The average Bonchev–Trinajstić information content (AvgIpc) is 2.60. The lowest BCUT2D eigenvalue weighted by Crippen LogP contribution is -2.32. The Labute approximate surface area is 148 Å². The van der Waals surface area contributed by atoms with Gasteiger partial charge in [0.15, 0.2) is 0 Å². The van der Waals surface area contributed by atoms with E-state index in [1.165, 1.54) is 14.2 Å². The predicted octanol–water partition coefficient (Wildman–Crippen LogP) is 2.83. The number of nitrogens with one attached hydrogen (secondary N) is 2. The summed E-state index contributed by atoms with van der Waals surface area (Å²) in [6, 6.07) is 12.2. The van der Waals surface area contributed by atoms with Crippen molar-refractivity contribution >= 4 is 33.4 Å². The number of carbonyl (C=O) groups excluding carboxylic acids is 2. The average molecular weight is 393 g/mol. The molecule has 0 radical (unpaired) electrons. The first-order chi connectivity index (χ1) is 11.5. The molecule has 0 aliphatic rings. The molecule has 2 aromatic carbocycles. The molecule has 0 aliphatic heterocycles. The second-order valence-electron chi connectivity index (χ2n) is 4.79. The first-order valence-corrected chi connectivity index (χ1v) is 7.89. The van der Waals surface area contributed by atoms with Crippen LogP contribution in [0, 0.1) is 0 Å². The van der Waals surface area contributed by atoms with Crippen LogP contribution in [0.15, 0.2) is 46.9 Å². The van der Waals surface area contributed by atoms with Crippen LogP contribution < -0.4 is 20.1 Å². The number of hydrogen-bond acceptors (Lipinski definition) is 4. The van der Waals surface area contributed by atoms with Crippen LogP contribution in [0.1, 0.15) is 10.4 Å². The molecule has 0 atom stereocenters. The number of benzene rings is 2. The summed E-state index contributed by atoms with van der Waals surface area (Å²) in [5, 5.41) is 5.26. The van der Waals surface area contributed by atoms with Crippen molar-refractivity contribution in [1.82, 2.24) is 5.32 Å². The molecular weight excluding hydrogens is 376 g/mol. The van der Waals surface area contributed by atoms with Gasteiger partial charge in [-0.15, -0.1) is 0 Å². The number of halogens is 1. The quantitative estimate of drug-likeness (QED) is 0.792. The summed E-state index contributed by atoms with van der Waals surface area (Å²) in [7, 11) is 2.99.